The summed E-state index contributed by atoms with van der Waals surface area (Å²) in [6.45, 7) is 1.86. The van der Waals surface area contributed by atoms with Crippen molar-refractivity contribution in [3.05, 3.63) is 71.3 Å². The summed E-state index contributed by atoms with van der Waals surface area (Å²) < 4.78 is 43.5. The van der Waals surface area contributed by atoms with Crippen molar-refractivity contribution in [2.75, 3.05) is 12.4 Å². The lowest BCUT2D eigenvalue weighted by Crippen LogP contribution is -2.43. The molecule has 4 nitrogen and oxygen atoms in total. The van der Waals surface area contributed by atoms with Crippen LogP contribution in [0, 0.1) is 0 Å². The van der Waals surface area contributed by atoms with Gasteiger partial charge in [0.05, 0.1) is 12.2 Å². The fourth-order valence-corrected chi connectivity index (χ4v) is 4.41. The molecule has 2 unspecified atom stereocenters. The molecule has 28 heavy (non-hydrogen) atoms. The highest BCUT2D eigenvalue weighted by atomic mass is 32.2. The maximum Gasteiger partial charge on any atom is 0.416 e. The van der Waals surface area contributed by atoms with E-state index in [9.17, 15) is 22.8 Å². The topological polar surface area (TPSA) is 46.6 Å². The van der Waals surface area contributed by atoms with E-state index in [0.717, 1.165) is 29.8 Å². The number of thioether (sulfide) groups is 1. The maximum atomic E-state index is 13.1. The van der Waals surface area contributed by atoms with Crippen molar-refractivity contribution in [3.8, 4) is 0 Å². The third kappa shape index (κ3) is 4.16. The van der Waals surface area contributed by atoms with Gasteiger partial charge in [-0.25, -0.2) is 4.79 Å². The molecule has 0 aromatic heterocycles. The number of halogens is 3. The van der Waals surface area contributed by atoms with Crippen molar-refractivity contribution < 1.29 is 27.5 Å². The summed E-state index contributed by atoms with van der Waals surface area (Å²) in [7, 11) is 0. The van der Waals surface area contributed by atoms with Gasteiger partial charge in [0.2, 0.25) is 0 Å². The Morgan fingerprint density at radius 2 is 1.75 bits per heavy atom. The summed E-state index contributed by atoms with van der Waals surface area (Å²) in [4.78, 5) is 26.9. The molecular formula is C20H18F3NO3S. The molecule has 3 rings (SSSR count). The summed E-state index contributed by atoms with van der Waals surface area (Å²) in [5.74, 6) is -0.676. The maximum absolute atomic E-state index is 13.1. The quantitative estimate of drug-likeness (QED) is 0.697. The molecule has 1 saturated heterocycles. The Labute approximate surface area is 164 Å². The fourth-order valence-electron chi connectivity index (χ4n) is 3.00. The van der Waals surface area contributed by atoms with Crippen molar-refractivity contribution in [2.24, 2.45) is 0 Å². The molecular weight excluding hydrogens is 391 g/mol. The molecule has 1 heterocycles. The molecule has 0 N–H and O–H groups in total. The first kappa shape index (κ1) is 20.3. The standard InChI is InChI=1S/C20H18F3NO3S/c1-2-27-19(26)16-12-28-18(14-6-4-3-5-7-14)24(16)17(25)13-8-10-15(11-9-13)20(21,22)23/h3-11,16,18H,2,12H2,1H3. The second-order valence-corrected chi connectivity index (χ2v) is 7.26. The van der Waals surface area contributed by atoms with Crippen LogP contribution >= 0.6 is 11.8 Å². The largest absolute Gasteiger partial charge is 0.464 e. The van der Waals surface area contributed by atoms with Gasteiger partial charge in [-0.3, -0.25) is 4.79 Å². The number of carbonyl (C=O) groups is 2. The Morgan fingerprint density at radius 3 is 2.32 bits per heavy atom. The zero-order valence-electron chi connectivity index (χ0n) is 15.0. The van der Waals surface area contributed by atoms with Gasteiger partial charge in [0.25, 0.3) is 5.91 Å². The molecule has 2 aromatic carbocycles. The van der Waals surface area contributed by atoms with Crippen LogP contribution in [0.25, 0.3) is 0 Å². The number of carbonyl (C=O) groups excluding carboxylic acids is 2. The Balaban J connectivity index is 1.94. The molecule has 2 aromatic rings. The van der Waals surface area contributed by atoms with E-state index < -0.39 is 35.0 Å². The highest BCUT2D eigenvalue weighted by molar-refractivity contribution is 7.99. The summed E-state index contributed by atoms with van der Waals surface area (Å²) >= 11 is 1.42. The van der Waals surface area contributed by atoms with Gasteiger partial charge in [-0.2, -0.15) is 13.2 Å². The van der Waals surface area contributed by atoms with E-state index in [0.29, 0.717) is 5.75 Å². The SMILES string of the molecule is CCOC(=O)C1CSC(c2ccccc2)N1C(=O)c1ccc(C(F)(F)F)cc1. The van der Waals surface area contributed by atoms with Crippen LogP contribution < -0.4 is 0 Å². The second-order valence-electron chi connectivity index (χ2n) is 6.15. The lowest BCUT2D eigenvalue weighted by molar-refractivity contribution is -0.147. The summed E-state index contributed by atoms with van der Waals surface area (Å²) in [6, 6.07) is 12.4. The van der Waals surface area contributed by atoms with Gasteiger partial charge in [-0.05, 0) is 36.8 Å². The molecule has 1 fully saturated rings. The molecule has 0 radical (unpaired) electrons. The molecule has 2 atom stereocenters. The predicted molar refractivity (Wildman–Crippen MR) is 99.7 cm³/mol. The van der Waals surface area contributed by atoms with Gasteiger partial charge in [0.15, 0.2) is 0 Å². The zero-order chi connectivity index (χ0) is 20.3. The molecule has 0 bridgehead atoms. The normalized spacial score (nSPS) is 19.5. The Hall–Kier alpha value is -2.48. The van der Waals surface area contributed by atoms with Gasteiger partial charge in [0, 0.05) is 11.3 Å². The molecule has 1 amide bonds. The van der Waals surface area contributed by atoms with E-state index >= 15 is 0 Å². The molecule has 0 aliphatic carbocycles. The number of rotatable bonds is 4. The van der Waals surface area contributed by atoms with Crippen molar-refractivity contribution in [1.82, 2.24) is 4.90 Å². The minimum absolute atomic E-state index is 0.0886. The van der Waals surface area contributed by atoms with Gasteiger partial charge >= 0.3 is 12.1 Å². The summed E-state index contributed by atoms with van der Waals surface area (Å²) in [5, 5.41) is -0.426. The van der Waals surface area contributed by atoms with Crippen molar-refractivity contribution in [3.63, 3.8) is 0 Å². The van der Waals surface area contributed by atoms with Gasteiger partial charge in [-0.1, -0.05) is 30.3 Å². The molecule has 148 valence electrons. The summed E-state index contributed by atoms with van der Waals surface area (Å²) in [5.41, 5.74) is 0.0895. The minimum Gasteiger partial charge on any atom is -0.464 e. The predicted octanol–water partition coefficient (Wildman–Crippen LogP) is 4.52. The highest BCUT2D eigenvalue weighted by Gasteiger charge is 2.43. The zero-order valence-corrected chi connectivity index (χ0v) is 15.8. The number of alkyl halides is 3. The van der Waals surface area contributed by atoms with Crippen molar-refractivity contribution in [1.29, 1.82) is 0 Å². The number of ether oxygens (including phenoxy) is 1. The van der Waals surface area contributed by atoms with E-state index in [2.05, 4.69) is 0 Å². The van der Waals surface area contributed by atoms with Gasteiger partial charge < -0.3 is 9.64 Å². The van der Waals surface area contributed by atoms with E-state index in [1.165, 1.54) is 16.7 Å². The van der Waals surface area contributed by atoms with E-state index in [1.807, 2.05) is 30.3 Å². The Morgan fingerprint density at radius 1 is 1.11 bits per heavy atom. The second kappa shape index (κ2) is 8.26. The molecule has 1 aliphatic rings. The van der Waals surface area contributed by atoms with Crippen LogP contribution in [0.4, 0.5) is 13.2 Å². The molecule has 8 heteroatoms. The first-order chi connectivity index (χ1) is 13.3. The fraction of sp³-hybridized carbons (Fsp3) is 0.300. The average Bonchev–Trinajstić information content (AvgIpc) is 3.13. The first-order valence-electron chi connectivity index (χ1n) is 8.66. The summed E-state index contributed by atoms with van der Waals surface area (Å²) in [6.07, 6.45) is -4.48. The highest BCUT2D eigenvalue weighted by Crippen LogP contribution is 2.42. The van der Waals surface area contributed by atoms with Gasteiger partial charge in [-0.15, -0.1) is 11.8 Å². The average molecular weight is 409 g/mol. The molecule has 1 aliphatic heterocycles. The van der Waals surface area contributed by atoms with Crippen LogP contribution in [0.15, 0.2) is 54.6 Å². The Bertz CT molecular complexity index is 840. The van der Waals surface area contributed by atoms with Crippen molar-refractivity contribution in [2.45, 2.75) is 24.5 Å². The third-order valence-corrected chi connectivity index (χ3v) is 5.66. The van der Waals surface area contributed by atoms with Crippen molar-refractivity contribution >= 4 is 23.6 Å². The third-order valence-electron chi connectivity index (χ3n) is 4.34. The van der Waals surface area contributed by atoms with Crippen LogP contribution in [0.2, 0.25) is 0 Å². The number of benzene rings is 2. The molecule has 0 spiro atoms. The Kier molecular flexibility index (Phi) is 5.98. The first-order valence-corrected chi connectivity index (χ1v) is 9.71. The number of amides is 1. The van der Waals surface area contributed by atoms with E-state index in [1.54, 1.807) is 6.92 Å². The monoisotopic (exact) mass is 409 g/mol. The van der Waals surface area contributed by atoms with Crippen LogP contribution in [0.5, 0.6) is 0 Å². The lowest BCUT2D eigenvalue weighted by Gasteiger charge is -2.28. The minimum atomic E-state index is -4.48. The van der Waals surface area contributed by atoms with Crippen LogP contribution in [0.1, 0.15) is 33.8 Å². The van der Waals surface area contributed by atoms with Crippen LogP contribution in [0.3, 0.4) is 0 Å². The smallest absolute Gasteiger partial charge is 0.416 e. The number of hydrogen-bond acceptors (Lipinski definition) is 4. The van der Waals surface area contributed by atoms with Gasteiger partial charge in [0.1, 0.15) is 11.4 Å². The lowest BCUT2D eigenvalue weighted by atomic mass is 10.1. The number of esters is 1. The van der Waals surface area contributed by atoms with E-state index in [4.69, 9.17) is 4.74 Å². The van der Waals surface area contributed by atoms with Crippen LogP contribution in [-0.4, -0.2) is 35.2 Å². The number of nitrogens with zero attached hydrogens (tertiary/aromatic N) is 1. The van der Waals surface area contributed by atoms with E-state index in [-0.39, 0.29) is 12.2 Å². The van der Waals surface area contributed by atoms with Crippen LogP contribution in [-0.2, 0) is 15.7 Å². The number of hydrogen-bond donors (Lipinski definition) is 0. The molecule has 0 saturated carbocycles.